The number of imidazole rings is 1. The van der Waals surface area contributed by atoms with Crippen LogP contribution < -0.4 is 0 Å². The molecule has 0 fully saturated rings. The van der Waals surface area contributed by atoms with E-state index in [1.54, 1.807) is 36.4 Å². The Labute approximate surface area is 232 Å². The number of allylic oxidation sites excluding steroid dienone is 3. The molecular formula is C27H21ClF3N5O3S. The summed E-state index contributed by atoms with van der Waals surface area (Å²) in [7, 11) is -4.29. The minimum atomic E-state index is -4.77. The molecule has 0 amide bonds. The van der Waals surface area contributed by atoms with E-state index in [2.05, 4.69) is 15.3 Å². The zero-order valence-corrected chi connectivity index (χ0v) is 22.7. The summed E-state index contributed by atoms with van der Waals surface area (Å²) in [5, 5.41) is 8.30. The van der Waals surface area contributed by atoms with Crippen molar-refractivity contribution >= 4 is 38.5 Å². The van der Waals surface area contributed by atoms with Crippen molar-refractivity contribution in [3.63, 3.8) is 0 Å². The van der Waals surface area contributed by atoms with Gasteiger partial charge in [-0.15, -0.1) is 5.10 Å². The first-order valence-electron chi connectivity index (χ1n) is 11.8. The number of carbonyl (C=O) groups excluding carboxylic acids is 1. The van der Waals surface area contributed by atoms with Gasteiger partial charge in [-0.1, -0.05) is 53.2 Å². The molecule has 0 bridgehead atoms. The zero-order valence-electron chi connectivity index (χ0n) is 21.1. The Morgan fingerprint density at radius 2 is 1.73 bits per heavy atom. The summed E-state index contributed by atoms with van der Waals surface area (Å²) in [6.07, 6.45) is 0.837. The van der Waals surface area contributed by atoms with Crippen LogP contribution in [0.5, 0.6) is 0 Å². The van der Waals surface area contributed by atoms with E-state index >= 15 is 0 Å². The lowest BCUT2D eigenvalue weighted by Crippen LogP contribution is -2.47. The number of ketones is 1. The van der Waals surface area contributed by atoms with E-state index < -0.39 is 32.4 Å². The predicted molar refractivity (Wildman–Crippen MR) is 143 cm³/mol. The average Bonchev–Trinajstić information content (AvgIpc) is 3.55. The number of nitrogens with zero attached hydrogens (tertiary/aromatic N) is 5. The summed E-state index contributed by atoms with van der Waals surface area (Å²) >= 11 is 5.96. The molecule has 5 rings (SSSR count). The SMILES string of the molecule is Cc1nc(C(F)(F)F)cn1C1=CC=C(c2ccccc2)CC1(n1nncc1C(=O)c1ccc(Cl)cc1)S(C)(=O)=O. The number of rotatable bonds is 6. The van der Waals surface area contributed by atoms with E-state index in [0.717, 1.165) is 27.9 Å². The van der Waals surface area contributed by atoms with Gasteiger partial charge in [-0.05, 0) is 48.4 Å². The highest BCUT2D eigenvalue weighted by molar-refractivity contribution is 7.91. The van der Waals surface area contributed by atoms with E-state index in [1.165, 1.54) is 37.3 Å². The van der Waals surface area contributed by atoms with E-state index in [0.29, 0.717) is 16.2 Å². The standard InChI is InChI=1S/C27H21ClF3N5O3S/c1-17-33-23(27(29,30)31)16-35(17)24-13-10-20(18-6-4-3-5-7-18)14-26(24,40(2,38)39)36-22(15-32-34-36)25(37)19-8-11-21(28)12-9-19/h3-13,15-16H,14H2,1-2H3. The number of alkyl halides is 3. The second-order valence-electron chi connectivity index (χ2n) is 9.25. The zero-order chi connectivity index (χ0) is 28.9. The highest BCUT2D eigenvalue weighted by Crippen LogP contribution is 2.47. The van der Waals surface area contributed by atoms with E-state index in [1.807, 2.05) is 0 Å². The molecule has 0 saturated carbocycles. The quantitative estimate of drug-likeness (QED) is 0.280. The molecule has 0 radical (unpaired) electrons. The number of aromatic nitrogens is 5. The van der Waals surface area contributed by atoms with Crippen molar-refractivity contribution in [3.8, 4) is 0 Å². The fraction of sp³-hybridized carbons (Fsp3) is 0.185. The first kappa shape index (κ1) is 27.5. The van der Waals surface area contributed by atoms with Gasteiger partial charge in [0.2, 0.25) is 10.7 Å². The van der Waals surface area contributed by atoms with Gasteiger partial charge in [0.05, 0.1) is 11.9 Å². The fourth-order valence-electron chi connectivity index (χ4n) is 4.76. The van der Waals surface area contributed by atoms with Crippen LogP contribution in [0.3, 0.4) is 0 Å². The molecular weight excluding hydrogens is 567 g/mol. The van der Waals surface area contributed by atoms with Gasteiger partial charge in [0.1, 0.15) is 11.5 Å². The molecule has 1 unspecified atom stereocenters. The Morgan fingerprint density at radius 1 is 1.05 bits per heavy atom. The molecule has 2 aromatic heterocycles. The van der Waals surface area contributed by atoms with Crippen LogP contribution in [0.4, 0.5) is 13.2 Å². The monoisotopic (exact) mass is 587 g/mol. The Morgan fingerprint density at radius 3 is 2.33 bits per heavy atom. The van der Waals surface area contributed by atoms with Crippen LogP contribution in [0, 0.1) is 6.92 Å². The molecule has 0 saturated heterocycles. The molecule has 0 N–H and O–H groups in total. The van der Waals surface area contributed by atoms with Crippen molar-refractivity contribution < 1.29 is 26.4 Å². The first-order chi connectivity index (χ1) is 18.8. The van der Waals surface area contributed by atoms with Crippen LogP contribution in [0.25, 0.3) is 11.3 Å². The van der Waals surface area contributed by atoms with Crippen molar-refractivity contribution in [1.82, 2.24) is 24.5 Å². The normalized spacial score (nSPS) is 17.9. The van der Waals surface area contributed by atoms with Crippen LogP contribution in [-0.4, -0.2) is 45.0 Å². The topological polar surface area (TPSA) is 99.7 Å². The molecule has 8 nitrogen and oxygen atoms in total. The number of carbonyl (C=O) groups is 1. The van der Waals surface area contributed by atoms with Crippen LogP contribution in [0.2, 0.25) is 5.02 Å². The van der Waals surface area contributed by atoms with Crippen molar-refractivity contribution in [3.05, 3.63) is 113 Å². The second-order valence-corrected chi connectivity index (χ2v) is 11.9. The molecule has 2 heterocycles. The molecule has 1 aliphatic rings. The molecule has 0 spiro atoms. The number of hydrogen-bond acceptors (Lipinski definition) is 6. The maximum Gasteiger partial charge on any atom is 0.434 e. The third-order valence-electron chi connectivity index (χ3n) is 6.69. The van der Waals surface area contributed by atoms with Gasteiger partial charge in [0.25, 0.3) is 0 Å². The van der Waals surface area contributed by atoms with Crippen LogP contribution >= 0.6 is 11.6 Å². The molecule has 1 aliphatic carbocycles. The van der Waals surface area contributed by atoms with Crippen LogP contribution in [0.15, 0.2) is 79.1 Å². The number of sulfone groups is 1. The summed E-state index contributed by atoms with van der Waals surface area (Å²) in [4.78, 5) is 15.1. The van der Waals surface area contributed by atoms with Gasteiger partial charge in [0, 0.05) is 29.5 Å². The number of hydrogen-bond donors (Lipinski definition) is 0. The molecule has 1 atom stereocenters. The average molecular weight is 588 g/mol. The van der Waals surface area contributed by atoms with Gasteiger partial charge in [0.15, 0.2) is 15.5 Å². The lowest BCUT2D eigenvalue weighted by molar-refractivity contribution is -0.141. The number of benzene rings is 2. The van der Waals surface area contributed by atoms with Crippen molar-refractivity contribution in [2.24, 2.45) is 0 Å². The molecule has 206 valence electrons. The minimum Gasteiger partial charge on any atom is -0.304 e. The lowest BCUT2D eigenvalue weighted by Gasteiger charge is -2.38. The highest BCUT2D eigenvalue weighted by Gasteiger charge is 2.52. The Hall–Kier alpha value is -4.03. The van der Waals surface area contributed by atoms with Crippen LogP contribution in [-0.2, 0) is 20.9 Å². The van der Waals surface area contributed by atoms with Crippen molar-refractivity contribution in [2.45, 2.75) is 24.4 Å². The van der Waals surface area contributed by atoms with Gasteiger partial charge < -0.3 is 4.57 Å². The summed E-state index contributed by atoms with van der Waals surface area (Å²) in [5.41, 5.74) is -0.0245. The Balaban J connectivity index is 1.79. The molecule has 4 aromatic rings. The van der Waals surface area contributed by atoms with Gasteiger partial charge in [-0.25, -0.2) is 18.1 Å². The van der Waals surface area contributed by atoms with Gasteiger partial charge in [-0.2, -0.15) is 13.2 Å². The first-order valence-corrected chi connectivity index (χ1v) is 14.1. The summed E-state index contributed by atoms with van der Waals surface area (Å²) in [5.74, 6) is -0.702. The highest BCUT2D eigenvalue weighted by atomic mass is 35.5. The number of halogens is 4. The smallest absolute Gasteiger partial charge is 0.304 e. The summed E-state index contributed by atoms with van der Waals surface area (Å²) < 4.78 is 70.7. The second kappa shape index (κ2) is 9.86. The van der Waals surface area contributed by atoms with Gasteiger partial charge >= 0.3 is 6.18 Å². The maximum absolute atomic E-state index is 13.9. The molecule has 13 heteroatoms. The summed E-state index contributed by atoms with van der Waals surface area (Å²) in [6.45, 7) is 1.33. The summed E-state index contributed by atoms with van der Waals surface area (Å²) in [6, 6.07) is 14.9. The largest absolute Gasteiger partial charge is 0.434 e. The molecule has 0 aliphatic heterocycles. The molecule has 40 heavy (non-hydrogen) atoms. The predicted octanol–water partition coefficient (Wildman–Crippen LogP) is 5.41. The third kappa shape index (κ3) is 4.66. The van der Waals surface area contributed by atoms with Crippen molar-refractivity contribution in [1.29, 1.82) is 0 Å². The Kier molecular flexibility index (Phi) is 6.79. The maximum atomic E-state index is 13.9. The van der Waals surface area contributed by atoms with Gasteiger partial charge in [-0.3, -0.25) is 4.79 Å². The van der Waals surface area contributed by atoms with Crippen LogP contribution in [0.1, 0.15) is 39.6 Å². The molecule has 2 aromatic carbocycles. The lowest BCUT2D eigenvalue weighted by atomic mass is 9.91. The Bertz CT molecular complexity index is 1780. The minimum absolute atomic E-state index is 0.0918. The third-order valence-corrected chi connectivity index (χ3v) is 8.70. The van der Waals surface area contributed by atoms with E-state index in [-0.39, 0.29) is 29.2 Å². The van der Waals surface area contributed by atoms with Crippen molar-refractivity contribution in [2.75, 3.05) is 6.26 Å². The van der Waals surface area contributed by atoms with E-state index in [9.17, 15) is 26.4 Å². The van der Waals surface area contributed by atoms with E-state index in [4.69, 9.17) is 11.6 Å². The number of aryl methyl sites for hydroxylation is 1. The fourth-order valence-corrected chi connectivity index (χ4v) is 6.30.